The molecule has 0 radical (unpaired) electrons. The van der Waals surface area contributed by atoms with E-state index in [1.165, 1.54) is 26.4 Å². The molecule has 0 aromatic carbocycles. The van der Waals surface area contributed by atoms with E-state index in [0.29, 0.717) is 12.5 Å². The minimum absolute atomic E-state index is 0.0465. The van der Waals surface area contributed by atoms with E-state index >= 15 is 0 Å². The van der Waals surface area contributed by atoms with Gasteiger partial charge in [0.15, 0.2) is 0 Å². The van der Waals surface area contributed by atoms with Crippen molar-refractivity contribution in [2.24, 2.45) is 5.92 Å². The number of ether oxygens (including phenoxy) is 2. The lowest BCUT2D eigenvalue weighted by Gasteiger charge is -2.42. The number of hydrogen-bond acceptors (Lipinski definition) is 7. The summed E-state index contributed by atoms with van der Waals surface area (Å²) in [5.41, 5.74) is 0.330. The first-order valence-corrected chi connectivity index (χ1v) is 10.4. The monoisotopic (exact) mass is 404 g/mol. The van der Waals surface area contributed by atoms with Crippen molar-refractivity contribution in [2.75, 3.05) is 31.6 Å². The molecular formula is C21H32N4O4. The van der Waals surface area contributed by atoms with Gasteiger partial charge in [-0.3, -0.25) is 0 Å². The minimum Gasteiger partial charge on any atom is -0.463 e. The van der Waals surface area contributed by atoms with Crippen LogP contribution in [0.15, 0.2) is 12.4 Å². The van der Waals surface area contributed by atoms with Crippen molar-refractivity contribution in [1.29, 1.82) is 0 Å². The Balaban J connectivity index is 1.71. The van der Waals surface area contributed by atoms with Gasteiger partial charge >= 0.3 is 12.1 Å². The Kier molecular flexibility index (Phi) is 6.59. The van der Waals surface area contributed by atoms with E-state index < -0.39 is 11.6 Å². The fraction of sp³-hybridized carbons (Fsp3) is 0.714. The summed E-state index contributed by atoms with van der Waals surface area (Å²) < 4.78 is 10.4. The van der Waals surface area contributed by atoms with E-state index in [1.807, 2.05) is 25.7 Å². The summed E-state index contributed by atoms with van der Waals surface area (Å²) in [7, 11) is 1.31. The number of carbonyl (C=O) groups excluding carboxylic acids is 2. The zero-order chi connectivity index (χ0) is 21.0. The minimum atomic E-state index is -0.551. The SMILES string of the molecule is COC(=O)c1ncc(N2CCCC(N(CC3CCC3)C(=O)OC(C)(C)C)C2)cn1. The van der Waals surface area contributed by atoms with Crippen molar-refractivity contribution in [3.05, 3.63) is 18.2 Å². The van der Waals surface area contributed by atoms with Gasteiger partial charge in [-0.25, -0.2) is 19.6 Å². The quantitative estimate of drug-likeness (QED) is 0.696. The second-order valence-electron chi connectivity index (χ2n) is 8.93. The molecule has 1 atom stereocenters. The summed E-state index contributed by atoms with van der Waals surface area (Å²) in [5.74, 6) is 0.0652. The van der Waals surface area contributed by atoms with Crippen molar-refractivity contribution >= 4 is 17.7 Å². The van der Waals surface area contributed by atoms with Crippen LogP contribution in [0, 0.1) is 5.92 Å². The molecule has 1 aliphatic heterocycles. The van der Waals surface area contributed by atoms with Crippen molar-refractivity contribution in [2.45, 2.75) is 64.5 Å². The highest BCUT2D eigenvalue weighted by Crippen LogP contribution is 2.30. The molecule has 0 spiro atoms. The summed E-state index contributed by atoms with van der Waals surface area (Å²) in [6, 6.07) is 0.0829. The van der Waals surface area contributed by atoms with Crippen LogP contribution in [0.4, 0.5) is 10.5 Å². The lowest BCUT2D eigenvalue weighted by Crippen LogP contribution is -2.53. The second-order valence-corrected chi connectivity index (χ2v) is 8.93. The highest BCUT2D eigenvalue weighted by Gasteiger charge is 2.34. The third kappa shape index (κ3) is 5.58. The fourth-order valence-electron chi connectivity index (χ4n) is 3.77. The van der Waals surface area contributed by atoms with Gasteiger partial charge in [-0.15, -0.1) is 0 Å². The average molecular weight is 405 g/mol. The maximum Gasteiger partial charge on any atom is 0.410 e. The fourth-order valence-corrected chi connectivity index (χ4v) is 3.77. The maximum atomic E-state index is 12.9. The number of amides is 1. The van der Waals surface area contributed by atoms with Gasteiger partial charge < -0.3 is 19.3 Å². The van der Waals surface area contributed by atoms with Gasteiger partial charge in [0.25, 0.3) is 0 Å². The number of rotatable bonds is 5. The van der Waals surface area contributed by atoms with Crippen LogP contribution in [0.1, 0.15) is 63.5 Å². The van der Waals surface area contributed by atoms with E-state index in [-0.39, 0.29) is 18.0 Å². The normalized spacial score (nSPS) is 20.0. The molecule has 1 saturated carbocycles. The third-order valence-electron chi connectivity index (χ3n) is 5.52. The van der Waals surface area contributed by atoms with E-state index in [0.717, 1.165) is 31.6 Å². The maximum absolute atomic E-state index is 12.9. The Morgan fingerprint density at radius 2 is 1.86 bits per heavy atom. The van der Waals surface area contributed by atoms with Gasteiger partial charge in [-0.05, 0) is 52.4 Å². The van der Waals surface area contributed by atoms with Gasteiger partial charge in [0.05, 0.1) is 31.2 Å². The van der Waals surface area contributed by atoms with Crippen molar-refractivity contribution < 1.29 is 19.1 Å². The molecule has 0 bridgehead atoms. The molecule has 1 aromatic rings. The van der Waals surface area contributed by atoms with Crippen LogP contribution in [0.25, 0.3) is 0 Å². The largest absolute Gasteiger partial charge is 0.463 e. The number of carbonyl (C=O) groups is 2. The number of anilines is 1. The van der Waals surface area contributed by atoms with Crippen molar-refractivity contribution in [1.82, 2.24) is 14.9 Å². The summed E-state index contributed by atoms with van der Waals surface area (Å²) >= 11 is 0. The molecule has 2 fully saturated rings. The van der Waals surface area contributed by atoms with Gasteiger partial charge in [0.2, 0.25) is 5.82 Å². The van der Waals surface area contributed by atoms with Gasteiger partial charge in [-0.2, -0.15) is 0 Å². The smallest absolute Gasteiger partial charge is 0.410 e. The first kappa shape index (κ1) is 21.3. The van der Waals surface area contributed by atoms with Crippen LogP contribution in [0.2, 0.25) is 0 Å². The van der Waals surface area contributed by atoms with Gasteiger partial charge in [0.1, 0.15) is 5.60 Å². The van der Waals surface area contributed by atoms with E-state index in [1.54, 1.807) is 12.4 Å². The lowest BCUT2D eigenvalue weighted by atomic mass is 9.84. The first-order valence-electron chi connectivity index (χ1n) is 10.4. The summed E-state index contributed by atoms with van der Waals surface area (Å²) in [5, 5.41) is 0. The highest BCUT2D eigenvalue weighted by atomic mass is 16.6. The molecule has 2 heterocycles. The molecule has 8 nitrogen and oxygen atoms in total. The molecule has 1 unspecified atom stereocenters. The molecule has 1 aliphatic carbocycles. The summed E-state index contributed by atoms with van der Waals surface area (Å²) in [4.78, 5) is 36.8. The molecule has 3 rings (SSSR count). The topological polar surface area (TPSA) is 84.9 Å². The Hall–Kier alpha value is -2.38. The number of piperidine rings is 1. The van der Waals surface area contributed by atoms with Crippen LogP contribution < -0.4 is 4.90 Å². The van der Waals surface area contributed by atoms with Crippen LogP contribution >= 0.6 is 0 Å². The molecule has 0 N–H and O–H groups in total. The summed E-state index contributed by atoms with van der Waals surface area (Å²) in [6.45, 7) is 8.03. The van der Waals surface area contributed by atoms with E-state index in [4.69, 9.17) is 4.74 Å². The highest BCUT2D eigenvalue weighted by molar-refractivity contribution is 5.85. The zero-order valence-electron chi connectivity index (χ0n) is 17.9. The standard InChI is InChI=1S/C21H32N4O4/c1-21(2,3)29-20(27)25(13-15-7-5-8-15)16-9-6-10-24(14-16)17-11-22-18(23-12-17)19(26)28-4/h11-12,15-16H,5-10,13-14H2,1-4H3. The number of aromatic nitrogens is 2. The Morgan fingerprint density at radius 1 is 1.17 bits per heavy atom. The predicted octanol–water partition coefficient (Wildman–Crippen LogP) is 3.27. The summed E-state index contributed by atoms with van der Waals surface area (Å²) in [6.07, 6.45) is 8.58. The van der Waals surface area contributed by atoms with Crippen molar-refractivity contribution in [3.63, 3.8) is 0 Å². The number of nitrogens with zero attached hydrogens (tertiary/aromatic N) is 4. The van der Waals surface area contributed by atoms with Crippen LogP contribution in [0.5, 0.6) is 0 Å². The average Bonchev–Trinajstić information content (AvgIpc) is 2.65. The molecule has 2 aliphatic rings. The number of methoxy groups -OCH3 is 1. The van der Waals surface area contributed by atoms with E-state index in [2.05, 4.69) is 19.6 Å². The third-order valence-corrected chi connectivity index (χ3v) is 5.52. The molecule has 8 heteroatoms. The Labute approximate surface area is 172 Å². The Morgan fingerprint density at radius 3 is 2.41 bits per heavy atom. The van der Waals surface area contributed by atoms with Gasteiger partial charge in [-0.1, -0.05) is 6.42 Å². The Bertz CT molecular complexity index is 712. The van der Waals surface area contributed by atoms with Crippen molar-refractivity contribution in [3.8, 4) is 0 Å². The van der Waals surface area contributed by atoms with Crippen LogP contribution in [0.3, 0.4) is 0 Å². The molecule has 29 heavy (non-hydrogen) atoms. The van der Waals surface area contributed by atoms with Gasteiger partial charge in [0, 0.05) is 19.6 Å². The molecule has 160 valence electrons. The number of esters is 1. The van der Waals surface area contributed by atoms with Crippen LogP contribution in [-0.4, -0.2) is 65.3 Å². The first-order chi connectivity index (χ1) is 13.8. The predicted molar refractivity (Wildman–Crippen MR) is 109 cm³/mol. The molecule has 1 saturated heterocycles. The molecule has 1 amide bonds. The van der Waals surface area contributed by atoms with E-state index in [9.17, 15) is 9.59 Å². The zero-order valence-corrected chi connectivity index (χ0v) is 17.9. The molecule has 1 aromatic heterocycles. The second kappa shape index (κ2) is 8.97. The van der Waals surface area contributed by atoms with Crippen LogP contribution in [-0.2, 0) is 9.47 Å². The molecular weight excluding hydrogens is 372 g/mol. The lowest BCUT2D eigenvalue weighted by molar-refractivity contribution is 0.00734. The number of hydrogen-bond donors (Lipinski definition) is 0.